The summed E-state index contributed by atoms with van der Waals surface area (Å²) in [6.07, 6.45) is 3.57. The van der Waals surface area contributed by atoms with E-state index in [0.29, 0.717) is 11.3 Å². The van der Waals surface area contributed by atoms with Crippen LogP contribution in [0.15, 0.2) is 0 Å². The average molecular weight is 247 g/mol. The fourth-order valence-corrected chi connectivity index (χ4v) is 2.40. The molecule has 1 aliphatic carbocycles. The van der Waals surface area contributed by atoms with Crippen molar-refractivity contribution in [1.29, 1.82) is 0 Å². The van der Waals surface area contributed by atoms with Gasteiger partial charge in [0.1, 0.15) is 0 Å². The summed E-state index contributed by atoms with van der Waals surface area (Å²) in [5.74, 6) is 1.17. The minimum Gasteiger partial charge on any atom is -0.355 e. The molecule has 1 aliphatic heterocycles. The van der Waals surface area contributed by atoms with Crippen LogP contribution >= 0.6 is 12.4 Å². The van der Waals surface area contributed by atoms with E-state index in [1.54, 1.807) is 0 Å². The molecule has 0 aromatic rings. The number of carbonyl (C=O) groups is 1. The van der Waals surface area contributed by atoms with E-state index >= 15 is 0 Å². The molecule has 0 radical (unpaired) electrons. The van der Waals surface area contributed by atoms with Gasteiger partial charge in [-0.25, -0.2) is 0 Å². The highest BCUT2D eigenvalue weighted by Gasteiger charge is 2.45. The van der Waals surface area contributed by atoms with Crippen molar-refractivity contribution in [2.24, 2.45) is 17.3 Å². The minimum absolute atomic E-state index is 0. The monoisotopic (exact) mass is 246 g/mol. The number of hydrogen-bond donors (Lipinski definition) is 2. The fraction of sp³-hybridized carbons (Fsp3) is 0.917. The Morgan fingerprint density at radius 3 is 2.62 bits per heavy atom. The minimum atomic E-state index is 0. The standard InChI is InChI=1S/C12H22N2O.ClH/c1-9(2)12(4-5-12)8-14-11(15)10-3-6-13-7-10;/h9-10,13H,3-8H2,1-2H3,(H,14,15);1H. The molecule has 1 heterocycles. The van der Waals surface area contributed by atoms with Gasteiger partial charge in [0.05, 0.1) is 5.92 Å². The first-order valence-electron chi connectivity index (χ1n) is 6.12. The Balaban J connectivity index is 0.00000128. The Bertz CT molecular complexity index is 245. The normalized spacial score (nSPS) is 26.3. The summed E-state index contributed by atoms with van der Waals surface area (Å²) in [5, 5.41) is 6.36. The molecule has 16 heavy (non-hydrogen) atoms. The topological polar surface area (TPSA) is 41.1 Å². The molecule has 0 aromatic carbocycles. The second-order valence-corrected chi connectivity index (χ2v) is 5.42. The summed E-state index contributed by atoms with van der Waals surface area (Å²) in [6, 6.07) is 0. The van der Waals surface area contributed by atoms with Crippen molar-refractivity contribution in [3.63, 3.8) is 0 Å². The number of halogens is 1. The van der Waals surface area contributed by atoms with E-state index in [1.807, 2.05) is 0 Å². The number of rotatable bonds is 4. The molecule has 2 rings (SSSR count). The number of amides is 1. The molecule has 94 valence electrons. The molecule has 0 spiro atoms. The summed E-state index contributed by atoms with van der Waals surface area (Å²) >= 11 is 0. The van der Waals surface area contributed by atoms with Crippen LogP contribution < -0.4 is 10.6 Å². The second-order valence-electron chi connectivity index (χ2n) is 5.42. The lowest BCUT2D eigenvalue weighted by molar-refractivity contribution is -0.124. The zero-order chi connectivity index (χ0) is 10.9. The SMILES string of the molecule is CC(C)C1(CNC(=O)C2CCNC2)CC1.Cl. The summed E-state index contributed by atoms with van der Waals surface area (Å²) in [7, 11) is 0. The van der Waals surface area contributed by atoms with Crippen molar-refractivity contribution in [1.82, 2.24) is 10.6 Å². The van der Waals surface area contributed by atoms with Crippen molar-refractivity contribution in [2.75, 3.05) is 19.6 Å². The smallest absolute Gasteiger partial charge is 0.224 e. The lowest BCUT2D eigenvalue weighted by Crippen LogP contribution is -2.37. The van der Waals surface area contributed by atoms with Crippen LogP contribution in [-0.2, 0) is 4.79 Å². The van der Waals surface area contributed by atoms with Gasteiger partial charge in [-0.1, -0.05) is 13.8 Å². The van der Waals surface area contributed by atoms with Crippen molar-refractivity contribution in [3.05, 3.63) is 0 Å². The first-order valence-corrected chi connectivity index (χ1v) is 6.12. The van der Waals surface area contributed by atoms with Gasteiger partial charge in [0.2, 0.25) is 5.91 Å². The Hall–Kier alpha value is -0.280. The van der Waals surface area contributed by atoms with Crippen LogP contribution in [0.2, 0.25) is 0 Å². The summed E-state index contributed by atoms with van der Waals surface area (Å²) in [5.41, 5.74) is 0.432. The van der Waals surface area contributed by atoms with E-state index in [1.165, 1.54) is 12.8 Å². The summed E-state index contributed by atoms with van der Waals surface area (Å²) < 4.78 is 0. The predicted molar refractivity (Wildman–Crippen MR) is 67.7 cm³/mol. The van der Waals surface area contributed by atoms with Crippen LogP contribution in [0.5, 0.6) is 0 Å². The average Bonchev–Trinajstić information content (AvgIpc) is 2.80. The van der Waals surface area contributed by atoms with E-state index in [2.05, 4.69) is 24.5 Å². The van der Waals surface area contributed by atoms with Crippen molar-refractivity contribution in [2.45, 2.75) is 33.1 Å². The first-order chi connectivity index (χ1) is 7.14. The van der Waals surface area contributed by atoms with Crippen molar-refractivity contribution in [3.8, 4) is 0 Å². The predicted octanol–water partition coefficient (Wildman–Crippen LogP) is 1.57. The van der Waals surface area contributed by atoms with Gasteiger partial charge in [-0.05, 0) is 37.1 Å². The van der Waals surface area contributed by atoms with Crippen LogP contribution in [0.1, 0.15) is 33.1 Å². The van der Waals surface area contributed by atoms with Gasteiger partial charge in [-0.3, -0.25) is 4.79 Å². The van der Waals surface area contributed by atoms with Gasteiger partial charge in [-0.15, -0.1) is 12.4 Å². The summed E-state index contributed by atoms with van der Waals surface area (Å²) in [6.45, 7) is 7.26. The van der Waals surface area contributed by atoms with Gasteiger partial charge in [-0.2, -0.15) is 0 Å². The van der Waals surface area contributed by atoms with Gasteiger partial charge < -0.3 is 10.6 Å². The zero-order valence-corrected chi connectivity index (χ0v) is 11.0. The summed E-state index contributed by atoms with van der Waals surface area (Å²) in [4.78, 5) is 11.8. The van der Waals surface area contributed by atoms with Crippen LogP contribution in [-0.4, -0.2) is 25.5 Å². The lowest BCUT2D eigenvalue weighted by atomic mass is 9.92. The quantitative estimate of drug-likeness (QED) is 0.791. The molecule has 1 amide bonds. The van der Waals surface area contributed by atoms with Gasteiger partial charge >= 0.3 is 0 Å². The molecule has 4 heteroatoms. The maximum absolute atomic E-state index is 11.8. The van der Waals surface area contributed by atoms with E-state index in [-0.39, 0.29) is 24.2 Å². The molecule has 1 saturated heterocycles. The third-order valence-corrected chi connectivity index (χ3v) is 4.16. The third-order valence-electron chi connectivity index (χ3n) is 4.16. The zero-order valence-electron chi connectivity index (χ0n) is 10.2. The van der Waals surface area contributed by atoms with Crippen molar-refractivity contribution >= 4 is 18.3 Å². The van der Waals surface area contributed by atoms with Crippen molar-refractivity contribution < 1.29 is 4.79 Å². The Morgan fingerprint density at radius 2 is 2.19 bits per heavy atom. The van der Waals surface area contributed by atoms with E-state index < -0.39 is 0 Å². The highest BCUT2D eigenvalue weighted by molar-refractivity contribution is 5.85. The third kappa shape index (κ3) is 2.89. The largest absolute Gasteiger partial charge is 0.355 e. The molecular formula is C12H23ClN2O. The van der Waals surface area contributed by atoms with Gasteiger partial charge in [0.25, 0.3) is 0 Å². The van der Waals surface area contributed by atoms with Crippen LogP contribution in [0, 0.1) is 17.3 Å². The molecule has 2 fully saturated rings. The number of carbonyl (C=O) groups excluding carboxylic acids is 1. The van der Waals surface area contributed by atoms with Crippen LogP contribution in [0.3, 0.4) is 0 Å². The number of nitrogens with one attached hydrogen (secondary N) is 2. The molecule has 1 atom stereocenters. The molecule has 3 nitrogen and oxygen atoms in total. The van der Waals surface area contributed by atoms with Gasteiger partial charge in [0, 0.05) is 13.1 Å². The second kappa shape index (κ2) is 5.37. The Morgan fingerprint density at radius 1 is 1.50 bits per heavy atom. The van der Waals surface area contributed by atoms with E-state index in [0.717, 1.165) is 26.1 Å². The van der Waals surface area contributed by atoms with E-state index in [4.69, 9.17) is 0 Å². The molecule has 1 unspecified atom stereocenters. The van der Waals surface area contributed by atoms with Crippen LogP contribution in [0.25, 0.3) is 0 Å². The molecule has 0 bridgehead atoms. The molecule has 2 N–H and O–H groups in total. The lowest BCUT2D eigenvalue weighted by Gasteiger charge is -2.21. The van der Waals surface area contributed by atoms with Gasteiger partial charge in [0.15, 0.2) is 0 Å². The maximum atomic E-state index is 11.8. The molecular weight excluding hydrogens is 224 g/mol. The molecule has 1 saturated carbocycles. The Kier molecular flexibility index (Phi) is 4.62. The molecule has 2 aliphatic rings. The first kappa shape index (κ1) is 13.8. The fourth-order valence-electron chi connectivity index (χ4n) is 2.40. The van der Waals surface area contributed by atoms with Crippen LogP contribution in [0.4, 0.5) is 0 Å². The maximum Gasteiger partial charge on any atom is 0.224 e. The molecule has 0 aromatic heterocycles. The van der Waals surface area contributed by atoms with E-state index in [9.17, 15) is 4.79 Å². The Labute approximate surface area is 104 Å². The highest BCUT2D eigenvalue weighted by Crippen LogP contribution is 2.51. The highest BCUT2D eigenvalue weighted by atomic mass is 35.5. The number of hydrogen-bond acceptors (Lipinski definition) is 2.